The van der Waals surface area contributed by atoms with Crippen LogP contribution in [0.25, 0.3) is 16.9 Å². The van der Waals surface area contributed by atoms with Gasteiger partial charge in [0, 0.05) is 30.6 Å². The Kier molecular flexibility index (Phi) is 6.85. The fourth-order valence-electron chi connectivity index (χ4n) is 3.48. The van der Waals surface area contributed by atoms with Crippen molar-refractivity contribution in [2.24, 2.45) is 0 Å². The van der Waals surface area contributed by atoms with Gasteiger partial charge in [-0.25, -0.2) is 15.0 Å². The third kappa shape index (κ3) is 5.03. The van der Waals surface area contributed by atoms with Gasteiger partial charge in [-0.15, -0.1) is 0 Å². The van der Waals surface area contributed by atoms with Crippen LogP contribution in [0.15, 0.2) is 54.9 Å². The normalized spacial score (nSPS) is 11.4. The van der Waals surface area contributed by atoms with E-state index in [0.717, 1.165) is 22.6 Å². The zero-order valence-electron chi connectivity index (χ0n) is 19.9. The zero-order chi connectivity index (χ0) is 24.9. The third-order valence-electron chi connectivity index (χ3n) is 5.48. The zero-order valence-corrected chi connectivity index (χ0v) is 19.9. The molecule has 176 valence electrons. The molecule has 9 nitrogen and oxygen atoms in total. The Labute approximate surface area is 203 Å². The molecule has 2 amide bonds. The lowest BCUT2D eigenvalue weighted by molar-refractivity contribution is -0.117. The molecule has 0 aromatic carbocycles. The molecule has 0 spiro atoms. The van der Waals surface area contributed by atoms with Crippen molar-refractivity contribution in [2.75, 3.05) is 19.4 Å². The molecule has 0 aliphatic carbocycles. The summed E-state index contributed by atoms with van der Waals surface area (Å²) in [5.74, 6) is 6.11. The Morgan fingerprint density at radius 2 is 1.86 bits per heavy atom. The second-order valence-electron chi connectivity index (χ2n) is 7.83. The van der Waals surface area contributed by atoms with E-state index in [-0.39, 0.29) is 17.9 Å². The van der Waals surface area contributed by atoms with Gasteiger partial charge in [-0.1, -0.05) is 12.0 Å². The lowest BCUT2D eigenvalue weighted by atomic mass is 10.1. The molecule has 35 heavy (non-hydrogen) atoms. The standard InChI is InChI=1S/C26H25N7O2/c1-16-24(33-14-6-5-7-23(33)30-16)19-10-13-22(32-25(34)17(2)27-3)31-20(19)11-8-18-9-12-21(29-15-18)26(35)28-4/h5-7,9-10,12-15,17,27H,1-4H3,(H,28,35)(H,31,32,34). The SMILES string of the molecule is CNC(=O)c1ccc(C#Cc2nc(NC(=O)C(C)NC)ccc2-c2c(C)nc3ccccn23)cn1. The monoisotopic (exact) mass is 467 g/mol. The first-order chi connectivity index (χ1) is 16.9. The number of aryl methyl sites for hydroxylation is 1. The molecule has 4 aromatic rings. The van der Waals surface area contributed by atoms with Gasteiger partial charge in [0.15, 0.2) is 0 Å². The lowest BCUT2D eigenvalue weighted by Crippen LogP contribution is -2.35. The predicted molar refractivity (Wildman–Crippen MR) is 134 cm³/mol. The Balaban J connectivity index is 1.79. The number of hydrogen-bond donors (Lipinski definition) is 3. The van der Waals surface area contributed by atoms with Crippen LogP contribution < -0.4 is 16.0 Å². The number of rotatable bonds is 5. The van der Waals surface area contributed by atoms with E-state index in [1.54, 1.807) is 39.2 Å². The van der Waals surface area contributed by atoms with Crippen LogP contribution >= 0.6 is 0 Å². The minimum absolute atomic E-state index is 0.202. The van der Waals surface area contributed by atoms with Crippen LogP contribution in [0.3, 0.4) is 0 Å². The fourth-order valence-corrected chi connectivity index (χ4v) is 3.48. The van der Waals surface area contributed by atoms with Crippen molar-refractivity contribution in [3.8, 4) is 23.1 Å². The van der Waals surface area contributed by atoms with Crippen LogP contribution in [0.4, 0.5) is 5.82 Å². The maximum Gasteiger partial charge on any atom is 0.269 e. The van der Waals surface area contributed by atoms with Crippen LogP contribution in [0, 0.1) is 18.8 Å². The van der Waals surface area contributed by atoms with E-state index >= 15 is 0 Å². The summed E-state index contributed by atoms with van der Waals surface area (Å²) in [7, 11) is 3.27. The highest BCUT2D eigenvalue weighted by molar-refractivity contribution is 5.94. The van der Waals surface area contributed by atoms with Crippen LogP contribution in [0.2, 0.25) is 0 Å². The highest BCUT2D eigenvalue weighted by atomic mass is 16.2. The van der Waals surface area contributed by atoms with E-state index in [4.69, 9.17) is 0 Å². The second-order valence-corrected chi connectivity index (χ2v) is 7.83. The summed E-state index contributed by atoms with van der Waals surface area (Å²) >= 11 is 0. The van der Waals surface area contributed by atoms with Gasteiger partial charge in [-0.2, -0.15) is 0 Å². The average Bonchev–Trinajstić information content (AvgIpc) is 3.22. The molecule has 1 unspecified atom stereocenters. The quantitative estimate of drug-likeness (QED) is 0.389. The van der Waals surface area contributed by atoms with Gasteiger partial charge in [-0.05, 0) is 63.2 Å². The van der Waals surface area contributed by atoms with E-state index in [1.807, 2.05) is 41.8 Å². The van der Waals surface area contributed by atoms with E-state index in [1.165, 1.54) is 6.20 Å². The van der Waals surface area contributed by atoms with E-state index in [9.17, 15) is 9.59 Å². The van der Waals surface area contributed by atoms with Crippen molar-refractivity contribution in [1.29, 1.82) is 0 Å². The molecular weight excluding hydrogens is 442 g/mol. The average molecular weight is 468 g/mol. The number of nitrogens with one attached hydrogen (secondary N) is 3. The number of aromatic nitrogens is 4. The van der Waals surface area contributed by atoms with E-state index in [2.05, 4.69) is 42.7 Å². The molecule has 0 bridgehead atoms. The number of anilines is 1. The number of amides is 2. The Morgan fingerprint density at radius 3 is 2.57 bits per heavy atom. The summed E-state index contributed by atoms with van der Waals surface area (Å²) in [6.07, 6.45) is 3.48. The molecule has 4 rings (SSSR count). The molecule has 3 N–H and O–H groups in total. The van der Waals surface area contributed by atoms with Crippen molar-refractivity contribution >= 4 is 23.3 Å². The third-order valence-corrected chi connectivity index (χ3v) is 5.48. The van der Waals surface area contributed by atoms with Crippen molar-refractivity contribution < 1.29 is 9.59 Å². The summed E-state index contributed by atoms with van der Waals surface area (Å²) in [4.78, 5) is 37.6. The topological polar surface area (TPSA) is 113 Å². The molecule has 1 atom stereocenters. The number of fused-ring (bicyclic) bond motifs is 1. The molecule has 0 aliphatic heterocycles. The van der Waals surface area contributed by atoms with Crippen LogP contribution in [0.1, 0.15) is 34.4 Å². The molecule has 9 heteroatoms. The van der Waals surface area contributed by atoms with Crippen molar-refractivity contribution in [1.82, 2.24) is 30.0 Å². The summed E-state index contributed by atoms with van der Waals surface area (Å²) in [6.45, 7) is 3.70. The van der Waals surface area contributed by atoms with Crippen LogP contribution in [-0.4, -0.2) is 51.3 Å². The Bertz CT molecular complexity index is 1460. The Hall–Kier alpha value is -4.55. The smallest absolute Gasteiger partial charge is 0.269 e. The van der Waals surface area contributed by atoms with Gasteiger partial charge in [0.1, 0.15) is 22.9 Å². The molecule has 0 radical (unpaired) electrons. The first-order valence-corrected chi connectivity index (χ1v) is 11.0. The lowest BCUT2D eigenvalue weighted by Gasteiger charge is -2.12. The molecule has 0 saturated heterocycles. The van der Waals surface area contributed by atoms with Gasteiger partial charge in [-0.3, -0.25) is 14.0 Å². The second kappa shape index (κ2) is 10.2. The number of pyridine rings is 3. The summed E-state index contributed by atoms with van der Waals surface area (Å²) in [5.41, 5.74) is 4.70. The number of carbonyl (C=O) groups excluding carboxylic acids is 2. The predicted octanol–water partition coefficient (Wildman–Crippen LogP) is 2.41. The van der Waals surface area contributed by atoms with Gasteiger partial charge in [0.25, 0.3) is 5.91 Å². The fraction of sp³-hybridized carbons (Fsp3) is 0.192. The Morgan fingerprint density at radius 1 is 1.03 bits per heavy atom. The van der Waals surface area contributed by atoms with Crippen LogP contribution in [-0.2, 0) is 4.79 Å². The molecule has 0 saturated carbocycles. The molecule has 4 aromatic heterocycles. The molecule has 0 aliphatic rings. The minimum Gasteiger partial charge on any atom is -0.354 e. The number of hydrogen-bond acceptors (Lipinski definition) is 6. The summed E-state index contributed by atoms with van der Waals surface area (Å²) in [6, 6.07) is 12.4. The maximum atomic E-state index is 12.4. The highest BCUT2D eigenvalue weighted by Gasteiger charge is 2.17. The number of nitrogens with zero attached hydrogens (tertiary/aromatic N) is 4. The van der Waals surface area contributed by atoms with Gasteiger partial charge in [0.05, 0.1) is 17.4 Å². The summed E-state index contributed by atoms with van der Waals surface area (Å²) in [5, 5.41) is 8.27. The van der Waals surface area contributed by atoms with Crippen molar-refractivity contribution in [3.63, 3.8) is 0 Å². The summed E-state index contributed by atoms with van der Waals surface area (Å²) < 4.78 is 1.98. The van der Waals surface area contributed by atoms with Gasteiger partial charge < -0.3 is 16.0 Å². The van der Waals surface area contributed by atoms with Crippen molar-refractivity contribution in [2.45, 2.75) is 19.9 Å². The van der Waals surface area contributed by atoms with Gasteiger partial charge >= 0.3 is 0 Å². The number of carbonyl (C=O) groups is 2. The minimum atomic E-state index is -0.378. The van der Waals surface area contributed by atoms with Crippen LogP contribution in [0.5, 0.6) is 0 Å². The first kappa shape index (κ1) is 23.6. The largest absolute Gasteiger partial charge is 0.354 e. The van der Waals surface area contributed by atoms with Gasteiger partial charge in [0.2, 0.25) is 5.91 Å². The molecular formula is C26H25N7O2. The van der Waals surface area contributed by atoms with E-state index < -0.39 is 0 Å². The van der Waals surface area contributed by atoms with E-state index in [0.29, 0.717) is 22.8 Å². The molecule has 0 fully saturated rings. The van der Waals surface area contributed by atoms with Crippen molar-refractivity contribution in [3.05, 3.63) is 77.5 Å². The number of likely N-dealkylation sites (N-methyl/N-ethyl adjacent to an activating group) is 1. The maximum absolute atomic E-state index is 12.4. The first-order valence-electron chi connectivity index (χ1n) is 11.0. The highest BCUT2D eigenvalue weighted by Crippen LogP contribution is 2.28. The number of imidazole rings is 1. The molecule has 4 heterocycles.